The van der Waals surface area contributed by atoms with Gasteiger partial charge in [-0.25, -0.2) is 13.6 Å². The fourth-order valence-corrected chi connectivity index (χ4v) is 2.39. The van der Waals surface area contributed by atoms with E-state index in [4.69, 9.17) is 17.3 Å². The minimum atomic E-state index is -3.79. The molecule has 6 nitrogen and oxygen atoms in total. The summed E-state index contributed by atoms with van der Waals surface area (Å²) in [6, 6.07) is 3.15. The second-order valence-electron chi connectivity index (χ2n) is 3.69. The minimum Gasteiger partial charge on any atom is -0.324 e. The van der Waals surface area contributed by atoms with Crippen LogP contribution in [-0.2, 0) is 14.8 Å². The number of primary sulfonamides is 1. The Morgan fingerprint density at radius 3 is 2.63 bits per heavy atom. The van der Waals surface area contributed by atoms with E-state index in [1.54, 1.807) is 0 Å². The summed E-state index contributed by atoms with van der Waals surface area (Å²) in [4.78, 5) is 11.6. The molecule has 0 radical (unpaired) electrons. The molecule has 19 heavy (non-hydrogen) atoms. The number of nitrogens with one attached hydrogen (secondary N) is 1. The molecule has 0 fully saturated rings. The highest BCUT2D eigenvalue weighted by molar-refractivity contribution is 9.10. The van der Waals surface area contributed by atoms with Crippen molar-refractivity contribution < 1.29 is 13.2 Å². The van der Waals surface area contributed by atoms with E-state index >= 15 is 0 Å². The zero-order valence-electron chi connectivity index (χ0n) is 9.76. The Labute approximate surface area is 119 Å². The molecule has 0 aliphatic carbocycles. The highest BCUT2D eigenvalue weighted by Crippen LogP contribution is 2.25. The highest BCUT2D eigenvalue weighted by atomic mass is 79.9. The van der Waals surface area contributed by atoms with Crippen molar-refractivity contribution in [3.8, 4) is 12.3 Å². The van der Waals surface area contributed by atoms with Gasteiger partial charge in [-0.05, 0) is 34.1 Å². The maximum Gasteiger partial charge on any atom is 0.242 e. The van der Waals surface area contributed by atoms with E-state index in [1.165, 1.54) is 18.2 Å². The van der Waals surface area contributed by atoms with Gasteiger partial charge >= 0.3 is 0 Å². The van der Waals surface area contributed by atoms with Crippen LogP contribution in [0.15, 0.2) is 27.6 Å². The number of rotatable bonds is 4. The van der Waals surface area contributed by atoms with Gasteiger partial charge in [0.1, 0.15) is 0 Å². The van der Waals surface area contributed by atoms with Crippen molar-refractivity contribution in [2.24, 2.45) is 10.9 Å². The van der Waals surface area contributed by atoms with E-state index in [1.807, 2.05) is 0 Å². The van der Waals surface area contributed by atoms with Crippen molar-refractivity contribution in [1.82, 2.24) is 0 Å². The van der Waals surface area contributed by atoms with Crippen LogP contribution in [0.1, 0.15) is 6.42 Å². The fourth-order valence-electron chi connectivity index (χ4n) is 1.22. The molecule has 8 heteroatoms. The average molecular weight is 346 g/mol. The lowest BCUT2D eigenvalue weighted by atomic mass is 10.2. The molecule has 0 saturated heterocycles. The molecule has 0 aliphatic heterocycles. The van der Waals surface area contributed by atoms with Gasteiger partial charge in [0.15, 0.2) is 0 Å². The second-order valence-corrected chi connectivity index (χ2v) is 6.11. The van der Waals surface area contributed by atoms with E-state index in [-0.39, 0.29) is 11.3 Å². The molecule has 0 bridgehead atoms. The topological polar surface area (TPSA) is 115 Å². The van der Waals surface area contributed by atoms with Crippen LogP contribution < -0.4 is 16.2 Å². The van der Waals surface area contributed by atoms with Crippen LogP contribution in [0.4, 0.5) is 5.69 Å². The van der Waals surface area contributed by atoms with Crippen molar-refractivity contribution in [3.05, 3.63) is 22.7 Å². The zero-order valence-corrected chi connectivity index (χ0v) is 12.2. The Hall–Kier alpha value is -1.40. The van der Waals surface area contributed by atoms with Gasteiger partial charge in [-0.3, -0.25) is 4.79 Å². The third kappa shape index (κ3) is 4.33. The first-order valence-electron chi connectivity index (χ1n) is 5.08. The average Bonchev–Trinajstić information content (AvgIpc) is 2.30. The third-order valence-corrected chi connectivity index (χ3v) is 3.77. The summed E-state index contributed by atoms with van der Waals surface area (Å²) in [5, 5.41) is 7.52. The van der Waals surface area contributed by atoms with Crippen molar-refractivity contribution in [3.63, 3.8) is 0 Å². The van der Waals surface area contributed by atoms with E-state index < -0.39 is 22.0 Å². The minimum absolute atomic E-state index is 0.0645. The Balaban J connectivity index is 2.93. The molecule has 0 spiro atoms. The maximum absolute atomic E-state index is 11.6. The highest BCUT2D eigenvalue weighted by Gasteiger charge is 2.15. The lowest BCUT2D eigenvalue weighted by molar-refractivity contribution is -0.117. The quantitative estimate of drug-likeness (QED) is 0.684. The van der Waals surface area contributed by atoms with E-state index in [0.717, 1.165) is 0 Å². The molecule has 0 aliphatic rings. The lowest BCUT2D eigenvalue weighted by Crippen LogP contribution is -2.35. The number of carbonyl (C=O) groups is 1. The Kier molecular flexibility index (Phi) is 5.08. The molecule has 1 unspecified atom stereocenters. The molecule has 0 saturated carbocycles. The van der Waals surface area contributed by atoms with Gasteiger partial charge < -0.3 is 11.1 Å². The lowest BCUT2D eigenvalue weighted by Gasteiger charge is -2.11. The first-order chi connectivity index (χ1) is 8.75. The molecule has 1 aromatic rings. The summed E-state index contributed by atoms with van der Waals surface area (Å²) >= 11 is 3.14. The molecule has 1 atom stereocenters. The zero-order chi connectivity index (χ0) is 14.6. The molecule has 5 N–H and O–H groups in total. The predicted octanol–water partition coefficient (Wildman–Crippen LogP) is 0.386. The Morgan fingerprint density at radius 1 is 1.53 bits per heavy atom. The fraction of sp³-hybridized carbons (Fsp3) is 0.182. The van der Waals surface area contributed by atoms with Crippen LogP contribution in [0, 0.1) is 12.3 Å². The van der Waals surface area contributed by atoms with Crippen molar-refractivity contribution in [2.75, 3.05) is 5.32 Å². The molecule has 102 valence electrons. The Morgan fingerprint density at radius 2 is 2.16 bits per heavy atom. The van der Waals surface area contributed by atoms with Crippen molar-refractivity contribution in [1.29, 1.82) is 0 Å². The number of halogens is 1. The summed E-state index contributed by atoms with van der Waals surface area (Å²) in [6.07, 6.45) is 5.17. The smallest absolute Gasteiger partial charge is 0.242 e. The first kappa shape index (κ1) is 15.7. The number of hydrogen-bond acceptors (Lipinski definition) is 4. The van der Waals surface area contributed by atoms with Crippen LogP contribution in [0.2, 0.25) is 0 Å². The summed E-state index contributed by atoms with van der Waals surface area (Å²) in [5.74, 6) is 1.83. The second kappa shape index (κ2) is 6.16. The van der Waals surface area contributed by atoms with Crippen LogP contribution in [0.5, 0.6) is 0 Å². The number of terminal acetylenes is 1. The third-order valence-electron chi connectivity index (χ3n) is 2.20. The number of hydrogen-bond donors (Lipinski definition) is 3. The van der Waals surface area contributed by atoms with Gasteiger partial charge in [0.25, 0.3) is 0 Å². The number of sulfonamides is 1. The summed E-state index contributed by atoms with van der Waals surface area (Å²) in [6.45, 7) is 0. The van der Waals surface area contributed by atoms with Gasteiger partial charge in [-0.15, -0.1) is 12.3 Å². The van der Waals surface area contributed by atoms with Gasteiger partial charge in [-0.1, -0.05) is 0 Å². The van der Waals surface area contributed by atoms with Crippen LogP contribution in [0.25, 0.3) is 0 Å². The summed E-state index contributed by atoms with van der Waals surface area (Å²) in [5.41, 5.74) is 5.92. The number of anilines is 1. The van der Waals surface area contributed by atoms with Gasteiger partial charge in [0, 0.05) is 10.9 Å². The molecule has 0 heterocycles. The van der Waals surface area contributed by atoms with E-state index in [9.17, 15) is 13.2 Å². The molecule has 0 aromatic heterocycles. The number of benzene rings is 1. The molecule has 1 aromatic carbocycles. The summed E-state index contributed by atoms with van der Waals surface area (Å²) < 4.78 is 22.7. The van der Waals surface area contributed by atoms with Crippen LogP contribution >= 0.6 is 15.9 Å². The largest absolute Gasteiger partial charge is 0.324 e. The summed E-state index contributed by atoms with van der Waals surface area (Å²) in [7, 11) is -3.79. The monoisotopic (exact) mass is 345 g/mol. The van der Waals surface area contributed by atoms with E-state index in [2.05, 4.69) is 27.2 Å². The SMILES string of the molecule is C#CCC(N)C(=O)Nc1ccc(S(N)(=O)=O)cc1Br. The standard InChI is InChI=1S/C11H12BrN3O3S/c1-2-3-9(13)11(16)15-10-5-4-7(6-8(10)12)19(14,17)18/h1,4-6,9H,3,13H2,(H,15,16)(H2,14,17,18). The molecule has 1 amide bonds. The van der Waals surface area contributed by atoms with Gasteiger partial charge in [-0.2, -0.15) is 0 Å². The van der Waals surface area contributed by atoms with Crippen LogP contribution in [-0.4, -0.2) is 20.4 Å². The Bertz CT molecular complexity index is 637. The predicted molar refractivity (Wildman–Crippen MR) is 75.6 cm³/mol. The molecular formula is C11H12BrN3O3S. The normalized spacial score (nSPS) is 12.5. The maximum atomic E-state index is 11.6. The van der Waals surface area contributed by atoms with E-state index in [0.29, 0.717) is 10.2 Å². The number of amides is 1. The van der Waals surface area contributed by atoms with Gasteiger partial charge in [0.05, 0.1) is 16.6 Å². The first-order valence-corrected chi connectivity index (χ1v) is 7.42. The van der Waals surface area contributed by atoms with Crippen molar-refractivity contribution in [2.45, 2.75) is 17.4 Å². The number of nitrogens with two attached hydrogens (primary N) is 2. The number of carbonyl (C=O) groups excluding carboxylic acids is 1. The van der Waals surface area contributed by atoms with Gasteiger partial charge in [0.2, 0.25) is 15.9 Å². The van der Waals surface area contributed by atoms with Crippen molar-refractivity contribution >= 4 is 37.5 Å². The molecular weight excluding hydrogens is 334 g/mol. The van der Waals surface area contributed by atoms with Crippen LogP contribution in [0.3, 0.4) is 0 Å². The molecule has 1 rings (SSSR count).